The summed E-state index contributed by atoms with van der Waals surface area (Å²) in [5.74, 6) is 0. The summed E-state index contributed by atoms with van der Waals surface area (Å²) in [5, 5.41) is 22.0. The Morgan fingerprint density at radius 1 is 1.18 bits per heavy atom. The van der Waals surface area contributed by atoms with Gasteiger partial charge >= 0.3 is 0 Å². The summed E-state index contributed by atoms with van der Waals surface area (Å²) < 4.78 is 25.1. The van der Waals surface area contributed by atoms with Gasteiger partial charge in [-0.2, -0.15) is 5.26 Å². The van der Waals surface area contributed by atoms with E-state index < -0.39 is 16.3 Å². The van der Waals surface area contributed by atoms with E-state index in [0.29, 0.717) is 22.5 Å². The molecule has 0 saturated heterocycles. The van der Waals surface area contributed by atoms with Crippen LogP contribution >= 0.6 is 0 Å². The first kappa shape index (κ1) is 15.8. The molecule has 0 aromatic heterocycles. The Balaban J connectivity index is 2.26. The number of nitrogens with zero attached hydrogens (tertiary/aromatic N) is 1. The third kappa shape index (κ3) is 4.22. The number of sulfonamides is 1. The van der Waals surface area contributed by atoms with Crippen LogP contribution in [0.15, 0.2) is 48.5 Å². The van der Waals surface area contributed by atoms with Crippen molar-refractivity contribution in [2.75, 3.05) is 16.3 Å². The number of hydrogen-bond donors (Lipinski definition) is 3. The quantitative estimate of drug-likeness (QED) is 0.732. The molecule has 0 fully saturated rings. The largest absolute Gasteiger partial charge is 0.369 e. The molecule has 2 rings (SSSR count). The van der Waals surface area contributed by atoms with Gasteiger partial charge in [-0.3, -0.25) is 4.72 Å². The van der Waals surface area contributed by atoms with E-state index >= 15 is 0 Å². The Bertz CT molecular complexity index is 813. The molecule has 2 aromatic carbocycles. The Morgan fingerprint density at radius 2 is 1.91 bits per heavy atom. The number of para-hydroxylation sites is 1. The van der Waals surface area contributed by atoms with Gasteiger partial charge in [0.05, 0.1) is 23.6 Å². The summed E-state index contributed by atoms with van der Waals surface area (Å²) in [7, 11) is -3.45. The fourth-order valence-corrected chi connectivity index (χ4v) is 2.53. The number of benzene rings is 2. The number of anilines is 2. The molecular formula is C15H15N3O3S. The van der Waals surface area contributed by atoms with Gasteiger partial charge in [0.15, 0.2) is 6.23 Å². The van der Waals surface area contributed by atoms with E-state index in [9.17, 15) is 13.5 Å². The van der Waals surface area contributed by atoms with E-state index in [2.05, 4.69) is 10.0 Å². The molecular weight excluding hydrogens is 302 g/mol. The first-order valence-corrected chi connectivity index (χ1v) is 8.29. The van der Waals surface area contributed by atoms with Crippen molar-refractivity contribution >= 4 is 21.4 Å². The highest BCUT2D eigenvalue weighted by molar-refractivity contribution is 7.92. The van der Waals surface area contributed by atoms with Crippen LogP contribution in [-0.2, 0) is 10.0 Å². The minimum Gasteiger partial charge on any atom is -0.369 e. The zero-order valence-corrected chi connectivity index (χ0v) is 12.6. The minimum absolute atomic E-state index is 0.293. The molecule has 0 spiro atoms. The van der Waals surface area contributed by atoms with E-state index in [1.807, 2.05) is 6.07 Å². The van der Waals surface area contributed by atoms with Crippen molar-refractivity contribution in [3.8, 4) is 6.07 Å². The minimum atomic E-state index is -3.45. The van der Waals surface area contributed by atoms with Crippen molar-refractivity contribution in [3.63, 3.8) is 0 Å². The van der Waals surface area contributed by atoms with Crippen molar-refractivity contribution in [3.05, 3.63) is 59.7 Å². The Hall–Kier alpha value is -2.56. The molecule has 1 atom stereocenters. The lowest BCUT2D eigenvalue weighted by molar-refractivity contribution is 0.209. The zero-order chi connectivity index (χ0) is 16.2. The normalized spacial score (nSPS) is 12.2. The Kier molecular flexibility index (Phi) is 4.65. The number of rotatable bonds is 5. The third-order valence-electron chi connectivity index (χ3n) is 2.85. The van der Waals surface area contributed by atoms with Gasteiger partial charge in [0.1, 0.15) is 0 Å². The van der Waals surface area contributed by atoms with Crippen molar-refractivity contribution in [1.82, 2.24) is 0 Å². The van der Waals surface area contributed by atoms with E-state index in [4.69, 9.17) is 5.26 Å². The van der Waals surface area contributed by atoms with E-state index in [0.717, 1.165) is 6.26 Å². The maximum Gasteiger partial charge on any atom is 0.229 e. The summed E-state index contributed by atoms with van der Waals surface area (Å²) in [6, 6.07) is 15.2. The van der Waals surface area contributed by atoms with Gasteiger partial charge in [-0.05, 0) is 24.3 Å². The summed E-state index contributed by atoms with van der Waals surface area (Å²) >= 11 is 0. The van der Waals surface area contributed by atoms with Crippen LogP contribution in [0.25, 0.3) is 0 Å². The second-order valence-electron chi connectivity index (χ2n) is 4.70. The van der Waals surface area contributed by atoms with Gasteiger partial charge in [0, 0.05) is 11.3 Å². The highest BCUT2D eigenvalue weighted by atomic mass is 32.2. The predicted molar refractivity (Wildman–Crippen MR) is 84.6 cm³/mol. The standard InChI is InChI=1S/C15H15N3O3S/c1-22(20,21)18-14-8-3-2-7-13(14)15(19)17-12-6-4-5-11(9-12)10-16/h2-9,15,17-19H,1H3. The predicted octanol–water partition coefficient (Wildman–Crippen LogP) is 2.03. The van der Waals surface area contributed by atoms with Gasteiger partial charge in [-0.1, -0.05) is 24.3 Å². The number of nitrogens with one attached hydrogen (secondary N) is 2. The molecule has 6 nitrogen and oxygen atoms in total. The SMILES string of the molecule is CS(=O)(=O)Nc1ccccc1C(O)Nc1cccc(C#N)c1. The van der Waals surface area contributed by atoms with Crippen molar-refractivity contribution < 1.29 is 13.5 Å². The van der Waals surface area contributed by atoms with Gasteiger partial charge in [0.25, 0.3) is 0 Å². The van der Waals surface area contributed by atoms with Gasteiger partial charge < -0.3 is 10.4 Å². The van der Waals surface area contributed by atoms with Crippen LogP contribution in [-0.4, -0.2) is 19.8 Å². The van der Waals surface area contributed by atoms with Crippen molar-refractivity contribution in [2.45, 2.75) is 6.23 Å². The fourth-order valence-electron chi connectivity index (χ4n) is 1.94. The van der Waals surface area contributed by atoms with Gasteiger partial charge in [-0.15, -0.1) is 0 Å². The summed E-state index contributed by atoms with van der Waals surface area (Å²) in [4.78, 5) is 0. The zero-order valence-electron chi connectivity index (χ0n) is 11.8. The molecule has 7 heteroatoms. The monoisotopic (exact) mass is 317 g/mol. The molecule has 0 saturated carbocycles. The molecule has 0 amide bonds. The average molecular weight is 317 g/mol. The van der Waals surface area contributed by atoms with Crippen LogP contribution in [0.4, 0.5) is 11.4 Å². The lowest BCUT2D eigenvalue weighted by Crippen LogP contribution is -2.16. The second-order valence-corrected chi connectivity index (χ2v) is 6.45. The van der Waals surface area contributed by atoms with Crippen LogP contribution in [0.5, 0.6) is 0 Å². The highest BCUT2D eigenvalue weighted by Crippen LogP contribution is 2.25. The molecule has 0 aliphatic rings. The lowest BCUT2D eigenvalue weighted by Gasteiger charge is -2.18. The molecule has 3 N–H and O–H groups in total. The number of hydrogen-bond acceptors (Lipinski definition) is 5. The van der Waals surface area contributed by atoms with Crippen LogP contribution in [0.1, 0.15) is 17.4 Å². The van der Waals surface area contributed by atoms with Crippen LogP contribution in [0.2, 0.25) is 0 Å². The second kappa shape index (κ2) is 6.47. The van der Waals surface area contributed by atoms with E-state index in [-0.39, 0.29) is 0 Å². The fraction of sp³-hybridized carbons (Fsp3) is 0.133. The first-order valence-electron chi connectivity index (χ1n) is 6.40. The summed E-state index contributed by atoms with van der Waals surface area (Å²) in [5.41, 5.74) is 1.69. The summed E-state index contributed by atoms with van der Waals surface area (Å²) in [6.45, 7) is 0. The van der Waals surface area contributed by atoms with Crippen LogP contribution in [0, 0.1) is 11.3 Å². The Labute approximate surface area is 129 Å². The lowest BCUT2D eigenvalue weighted by atomic mass is 10.1. The van der Waals surface area contributed by atoms with Gasteiger partial charge in [-0.25, -0.2) is 8.42 Å². The van der Waals surface area contributed by atoms with Crippen LogP contribution in [0.3, 0.4) is 0 Å². The van der Waals surface area contributed by atoms with Crippen molar-refractivity contribution in [1.29, 1.82) is 5.26 Å². The van der Waals surface area contributed by atoms with Crippen molar-refractivity contribution in [2.24, 2.45) is 0 Å². The molecule has 114 valence electrons. The third-order valence-corrected chi connectivity index (χ3v) is 3.44. The molecule has 0 aliphatic heterocycles. The number of aliphatic hydroxyl groups is 1. The highest BCUT2D eigenvalue weighted by Gasteiger charge is 2.14. The molecule has 22 heavy (non-hydrogen) atoms. The van der Waals surface area contributed by atoms with E-state index in [1.165, 1.54) is 0 Å². The topological polar surface area (TPSA) is 102 Å². The maximum atomic E-state index is 11.4. The average Bonchev–Trinajstić information content (AvgIpc) is 2.46. The molecule has 2 aromatic rings. The molecule has 0 aliphatic carbocycles. The Morgan fingerprint density at radius 3 is 2.59 bits per heavy atom. The molecule has 0 bridgehead atoms. The van der Waals surface area contributed by atoms with Crippen LogP contribution < -0.4 is 10.0 Å². The smallest absolute Gasteiger partial charge is 0.229 e. The molecule has 0 heterocycles. The number of nitriles is 1. The maximum absolute atomic E-state index is 11.4. The summed E-state index contributed by atoms with van der Waals surface area (Å²) in [6.07, 6.45) is -0.0839. The van der Waals surface area contributed by atoms with Gasteiger partial charge in [0.2, 0.25) is 10.0 Å². The molecule has 0 radical (unpaired) electrons. The molecule has 1 unspecified atom stereocenters. The van der Waals surface area contributed by atoms with E-state index in [1.54, 1.807) is 48.5 Å². The first-order chi connectivity index (χ1) is 10.4. The number of aliphatic hydroxyl groups excluding tert-OH is 1.